The van der Waals surface area contributed by atoms with Crippen LogP contribution in [0.5, 0.6) is 0 Å². The minimum absolute atomic E-state index is 0.230. The van der Waals surface area contributed by atoms with Crippen molar-refractivity contribution in [2.75, 3.05) is 0 Å². The zero-order valence-electron chi connectivity index (χ0n) is 75.3. The highest BCUT2D eigenvalue weighted by Crippen LogP contribution is 2.44. The zero-order chi connectivity index (χ0) is 88.9. The van der Waals surface area contributed by atoms with E-state index in [1.807, 2.05) is 29.1 Å². The van der Waals surface area contributed by atoms with Gasteiger partial charge >= 0.3 is 0 Å². The van der Waals surface area contributed by atoms with E-state index in [4.69, 9.17) is 15.0 Å². The molecule has 0 aliphatic rings. The summed E-state index contributed by atoms with van der Waals surface area (Å²) in [7, 11) is 12.5. The van der Waals surface area contributed by atoms with E-state index in [-0.39, 0.29) is 5.82 Å². The van der Waals surface area contributed by atoms with Crippen molar-refractivity contribution in [1.29, 1.82) is 0 Å². The number of pyridine rings is 6. The van der Waals surface area contributed by atoms with Crippen molar-refractivity contribution in [3.05, 3.63) is 332 Å². The van der Waals surface area contributed by atoms with Crippen molar-refractivity contribution in [2.24, 2.45) is 42.3 Å². The monoisotopic (exact) mass is 1770 g/mol. The normalized spacial score (nSPS) is 11.3. The molecular weight excluding hydrogens is 1660 g/mol. The van der Waals surface area contributed by atoms with Gasteiger partial charge in [0.2, 0.25) is 34.2 Å². The first kappa shape index (κ1) is 88.8. The Morgan fingerprint density at radius 3 is 0.976 bits per heavy atom. The fourth-order valence-corrected chi connectivity index (χ4v) is 21.9. The highest BCUT2D eigenvalue weighted by Gasteiger charge is 2.29. The van der Waals surface area contributed by atoms with E-state index < -0.39 is 0 Å². The molecule has 0 radical (unpaired) electrons. The third-order valence-electron chi connectivity index (χ3n) is 22.8. The van der Waals surface area contributed by atoms with E-state index >= 15 is 0 Å². The number of halogens is 1. The highest BCUT2D eigenvalue weighted by molar-refractivity contribution is 7.22. The molecule has 0 saturated heterocycles. The van der Waals surface area contributed by atoms with E-state index in [0.717, 1.165) is 69.1 Å². The van der Waals surface area contributed by atoms with Crippen LogP contribution in [0.15, 0.2) is 267 Å². The van der Waals surface area contributed by atoms with Crippen LogP contribution in [-0.4, -0.2) is 29.9 Å². The van der Waals surface area contributed by atoms with Gasteiger partial charge in [0, 0.05) is 53.4 Å². The minimum atomic E-state index is -0.230. The predicted octanol–water partition coefficient (Wildman–Crippen LogP) is 26.0. The zero-order valence-corrected chi connectivity index (χ0v) is 80.2. The van der Waals surface area contributed by atoms with E-state index in [1.54, 1.807) is 68.8 Å². The number of thiazole rings is 6. The Bertz CT molecular complexity index is 7210. The van der Waals surface area contributed by atoms with Gasteiger partial charge in [-0.3, -0.25) is 0 Å². The second-order valence-corrected chi connectivity index (χ2v) is 39.4. The second kappa shape index (κ2) is 38.8. The molecule has 0 aliphatic carbocycles. The summed E-state index contributed by atoms with van der Waals surface area (Å²) in [5.41, 5.74) is 35.8. The largest absolute Gasteiger partial charge is 0.239 e. The van der Waals surface area contributed by atoms with Crippen molar-refractivity contribution in [1.82, 2.24) is 29.9 Å². The topological polar surface area (TPSA) is 101 Å². The highest BCUT2D eigenvalue weighted by atomic mass is 32.1. The van der Waals surface area contributed by atoms with Crippen molar-refractivity contribution >= 4 is 129 Å². The fourth-order valence-electron chi connectivity index (χ4n) is 16.2. The Balaban J connectivity index is 0.000000118. The lowest BCUT2D eigenvalue weighted by molar-refractivity contribution is -0.659. The molecule has 632 valence electrons. The van der Waals surface area contributed by atoms with Crippen LogP contribution in [0.2, 0.25) is 0 Å². The maximum absolute atomic E-state index is 13.2. The van der Waals surface area contributed by atoms with Crippen LogP contribution >= 0.6 is 68.0 Å². The molecule has 0 amide bonds. The second-order valence-electron chi connectivity index (χ2n) is 33.0. The lowest BCUT2D eigenvalue weighted by Crippen LogP contribution is -2.30. The average Bonchev–Trinajstić information content (AvgIpc) is 1.62. The Morgan fingerprint density at radius 2 is 0.603 bits per heavy atom. The van der Waals surface area contributed by atoms with Crippen molar-refractivity contribution in [2.45, 2.75) is 115 Å². The summed E-state index contributed by atoms with van der Waals surface area (Å²) in [6.07, 6.45) is 12.6. The SMILES string of the molecule is Cc1ccccc1-c1c2nc(C(C)C)sc2cc[n+]1C.Cc1ccccc1-c1c2ncsc2cc[n+]1C.Cc1ccccc1-c1c2sc(-c3c(C(C)C)cccc3C(C)C)nc2cc[n+]1C.Cc1ccccc1-c1c2sc(-c3ccc(F)cc3)nc2cc[n+]1C.Cc1nc2c(-c3ccccc3C)[n+](C)ccc2s1.Cc1nc2c(-c3ccccc3C)[n+](C)ccc2s1. The molecule has 0 atom stereocenters. The molecule has 8 aromatic carbocycles. The third-order valence-corrected chi connectivity index (χ3v) is 29.0. The third kappa shape index (κ3) is 18.9. The van der Waals surface area contributed by atoms with Crippen LogP contribution in [0.4, 0.5) is 4.39 Å². The number of nitrogens with zero attached hydrogens (tertiary/aromatic N) is 12. The van der Waals surface area contributed by atoms with Gasteiger partial charge in [0.15, 0.2) is 59.2 Å². The predicted molar refractivity (Wildman–Crippen MR) is 528 cm³/mol. The number of hydrogen-bond acceptors (Lipinski definition) is 12. The fraction of sp³-hybridized carbons (Fsp3) is 0.215. The van der Waals surface area contributed by atoms with Gasteiger partial charge < -0.3 is 0 Å². The molecule has 0 N–H and O–H groups in total. The maximum Gasteiger partial charge on any atom is 0.239 e. The van der Waals surface area contributed by atoms with Crippen LogP contribution in [0.1, 0.15) is 119 Å². The summed E-state index contributed by atoms with van der Waals surface area (Å²) in [5.74, 6) is 1.17. The molecule has 0 spiro atoms. The molecule has 12 heterocycles. The summed E-state index contributed by atoms with van der Waals surface area (Å²) in [5, 5.41) is 5.48. The molecule has 0 fully saturated rings. The van der Waals surface area contributed by atoms with Crippen LogP contribution in [0.3, 0.4) is 0 Å². The number of fused-ring (bicyclic) bond motifs is 6. The molecule has 126 heavy (non-hydrogen) atoms. The van der Waals surface area contributed by atoms with Crippen LogP contribution in [0.25, 0.3) is 150 Å². The van der Waals surface area contributed by atoms with Crippen LogP contribution in [0, 0.1) is 61.2 Å². The van der Waals surface area contributed by atoms with Gasteiger partial charge in [-0.1, -0.05) is 169 Å². The smallest absolute Gasteiger partial charge is 0.238 e. The van der Waals surface area contributed by atoms with Gasteiger partial charge in [-0.05, 0) is 172 Å². The van der Waals surface area contributed by atoms with Crippen LogP contribution < -0.4 is 27.4 Å². The molecule has 12 aromatic heterocycles. The molecule has 19 heteroatoms. The van der Waals surface area contributed by atoms with E-state index in [9.17, 15) is 4.39 Å². The molecule has 0 bridgehead atoms. The Hall–Kier alpha value is -12.1. The molecule has 20 rings (SSSR count). The minimum Gasteiger partial charge on any atom is -0.238 e. The van der Waals surface area contributed by atoms with E-state index in [0.29, 0.717) is 17.8 Å². The number of aromatic nitrogens is 12. The molecule has 0 aliphatic heterocycles. The first-order chi connectivity index (χ1) is 60.7. The number of benzene rings is 8. The Kier molecular flexibility index (Phi) is 27.3. The van der Waals surface area contributed by atoms with Gasteiger partial charge in [0.25, 0.3) is 0 Å². The lowest BCUT2D eigenvalue weighted by Gasteiger charge is -2.17. The van der Waals surface area contributed by atoms with Gasteiger partial charge in [-0.25, -0.2) is 34.3 Å². The molecule has 20 aromatic rings. The Morgan fingerprint density at radius 1 is 0.286 bits per heavy atom. The summed E-state index contributed by atoms with van der Waals surface area (Å²) >= 11 is 10.5. The van der Waals surface area contributed by atoms with E-state index in [2.05, 4.69) is 407 Å². The summed E-state index contributed by atoms with van der Waals surface area (Å²) in [4.78, 5) is 28.6. The van der Waals surface area contributed by atoms with Crippen LogP contribution in [-0.2, 0) is 42.3 Å². The molecule has 0 unspecified atom stereocenters. The quantitative estimate of drug-likeness (QED) is 0.120. The van der Waals surface area contributed by atoms with Crippen molar-refractivity contribution < 1.29 is 31.8 Å². The van der Waals surface area contributed by atoms with Gasteiger partial charge in [-0.2, -0.15) is 27.4 Å². The number of aryl methyl sites for hydroxylation is 14. The first-order valence-corrected chi connectivity index (χ1v) is 47.5. The van der Waals surface area contributed by atoms with Gasteiger partial charge in [0.05, 0.1) is 83.7 Å². The average molecular weight is 1770 g/mol. The van der Waals surface area contributed by atoms with E-state index in [1.165, 1.54) is 153 Å². The summed E-state index contributed by atoms with van der Waals surface area (Å²) < 4.78 is 33.6. The molecule has 0 saturated carbocycles. The standard InChI is InChI=1S/C26H29N2S.C20H16FN2S.C17H19N2S.2C15H15N2S.C14H13N2S/c1-16(2)19-12-9-13-20(17(3)4)23(19)26-27-22-14-15-28(6)24(25(22)29-26)21-11-8-7-10-18(21)5;1-13-5-3-4-6-16(13)18-19-17(11-12-23(18)2)22-20(24-19)14-7-9-15(21)10-8-14;1-11(2)17-18-15-14(20-17)9-10-19(4)16(15)13-8-6-5-7-12(13)3;2*1-10-6-4-5-7-12(10)15-14-13(8-9-17(15)3)18-11(2)16-14;1-10-5-3-4-6-11(10)14-13-12(17-9-15-13)7-8-16(14)2/h7-17H,1-6H3;3-12H,1-2H3;5-11H,1-4H3;2*4-9H,1-3H3;3-9H,1-2H3/q6*+1. The van der Waals surface area contributed by atoms with Gasteiger partial charge in [-0.15, -0.1) is 68.0 Å². The maximum atomic E-state index is 13.2. The van der Waals surface area contributed by atoms with Crippen molar-refractivity contribution in [3.8, 4) is 88.7 Å². The van der Waals surface area contributed by atoms with Gasteiger partial charge in [0.1, 0.15) is 67.5 Å². The Labute approximate surface area is 763 Å². The summed E-state index contributed by atoms with van der Waals surface area (Å²) in [6.45, 7) is 30.5. The first-order valence-electron chi connectivity index (χ1n) is 42.6. The molecular formula is C107H107FN12S6+6. The van der Waals surface area contributed by atoms with Crippen molar-refractivity contribution in [3.63, 3.8) is 0 Å². The number of hydrogen-bond donors (Lipinski definition) is 0. The molecule has 12 nitrogen and oxygen atoms in total. The summed E-state index contributed by atoms with van der Waals surface area (Å²) in [6, 6.07) is 76.9. The number of rotatable bonds is 11. The lowest BCUT2D eigenvalue weighted by atomic mass is 9.89.